The average Bonchev–Trinajstić information content (AvgIpc) is 2.67. The van der Waals surface area contributed by atoms with E-state index < -0.39 is 55.3 Å². The number of carbonyl (C=O) groups excluding carboxylic acids is 2. The summed E-state index contributed by atoms with van der Waals surface area (Å²) in [6.07, 6.45) is -2.95. The van der Waals surface area contributed by atoms with Crippen LogP contribution in [0.3, 0.4) is 0 Å². The fourth-order valence-electron chi connectivity index (χ4n) is 2.83. The van der Waals surface area contributed by atoms with Gasteiger partial charge in [-0.05, 0) is 54.4 Å². The molecule has 4 atom stereocenters. The molecule has 0 radical (unpaired) electrons. The Morgan fingerprint density at radius 2 is 0.972 bits per heavy atom. The SMILES string of the molecule is COC(=O)[C@@H](OC)[C@@H](O[Si](C)(C)C(C)(C)C)[C@H](O[Si](C)(C)C(C)(C)C)[C@H](C=O)O[Si](C)(C)C(C)(C)C. The first-order chi connectivity index (χ1) is 15.8. The molecule has 0 aromatic heterocycles. The highest BCUT2D eigenvalue weighted by Crippen LogP contribution is 2.43. The van der Waals surface area contributed by atoms with Crippen LogP contribution in [0.25, 0.3) is 0 Å². The van der Waals surface area contributed by atoms with Crippen LogP contribution in [-0.2, 0) is 32.3 Å². The second kappa shape index (κ2) is 12.2. The number of carbonyl (C=O) groups is 2. The topological polar surface area (TPSA) is 80.3 Å². The van der Waals surface area contributed by atoms with Gasteiger partial charge in [0.15, 0.2) is 31.1 Å². The Labute approximate surface area is 224 Å². The van der Waals surface area contributed by atoms with Crippen LogP contribution in [0.2, 0.25) is 54.4 Å². The fourth-order valence-corrected chi connectivity index (χ4v) is 6.64. The van der Waals surface area contributed by atoms with E-state index >= 15 is 0 Å². The summed E-state index contributed by atoms with van der Waals surface area (Å²) in [6, 6.07) is 0. The minimum atomic E-state index is -2.46. The van der Waals surface area contributed by atoms with Gasteiger partial charge in [0.1, 0.15) is 24.6 Å². The van der Waals surface area contributed by atoms with Crippen LogP contribution >= 0.6 is 0 Å². The molecule has 0 aliphatic carbocycles. The predicted molar refractivity (Wildman–Crippen MR) is 155 cm³/mol. The largest absolute Gasteiger partial charge is 0.467 e. The molecule has 0 rings (SSSR count). The molecule has 0 aromatic carbocycles. The Morgan fingerprint density at radius 3 is 1.25 bits per heavy atom. The highest BCUT2D eigenvalue weighted by molar-refractivity contribution is 6.75. The van der Waals surface area contributed by atoms with Gasteiger partial charge >= 0.3 is 5.97 Å². The molecule has 0 saturated carbocycles. The van der Waals surface area contributed by atoms with Crippen molar-refractivity contribution in [3.8, 4) is 0 Å². The van der Waals surface area contributed by atoms with Gasteiger partial charge in [-0.15, -0.1) is 0 Å². The number of aldehydes is 1. The molecular weight excluding hydrogens is 509 g/mol. The minimum Gasteiger partial charge on any atom is -0.467 e. The van der Waals surface area contributed by atoms with Gasteiger partial charge in [-0.1, -0.05) is 62.3 Å². The van der Waals surface area contributed by atoms with Crippen molar-refractivity contribution >= 4 is 37.2 Å². The Morgan fingerprint density at radius 1 is 0.639 bits per heavy atom. The second-order valence-electron chi connectivity index (χ2n) is 14.3. The molecular formula is C26H56O7Si3. The molecule has 36 heavy (non-hydrogen) atoms. The number of ether oxygens (including phenoxy) is 2. The molecule has 0 unspecified atom stereocenters. The summed E-state index contributed by atoms with van der Waals surface area (Å²) in [5.74, 6) is -0.568. The number of rotatable bonds is 12. The quantitative estimate of drug-likeness (QED) is 0.151. The normalized spacial score (nSPS) is 17.8. The highest BCUT2D eigenvalue weighted by Gasteiger charge is 2.52. The lowest BCUT2D eigenvalue weighted by Gasteiger charge is -2.48. The molecule has 0 aliphatic rings. The number of esters is 1. The maximum absolute atomic E-state index is 13.0. The van der Waals surface area contributed by atoms with Crippen molar-refractivity contribution in [1.29, 1.82) is 0 Å². The third kappa shape index (κ3) is 8.84. The molecule has 0 heterocycles. The number of hydrogen-bond donors (Lipinski definition) is 0. The van der Waals surface area contributed by atoms with Gasteiger partial charge in [-0.25, -0.2) is 4.79 Å². The third-order valence-electron chi connectivity index (χ3n) is 8.48. The van der Waals surface area contributed by atoms with Gasteiger partial charge in [0.05, 0.1) is 7.11 Å². The Bertz CT molecular complexity index is 731. The molecule has 0 N–H and O–H groups in total. The highest BCUT2D eigenvalue weighted by atomic mass is 28.4. The number of hydrogen-bond acceptors (Lipinski definition) is 7. The van der Waals surface area contributed by atoms with Crippen molar-refractivity contribution in [2.45, 2.75) is 141 Å². The molecule has 7 nitrogen and oxygen atoms in total. The molecule has 0 bridgehead atoms. The zero-order chi connectivity index (χ0) is 29.1. The van der Waals surface area contributed by atoms with Crippen molar-refractivity contribution in [3.05, 3.63) is 0 Å². The molecule has 0 aromatic rings. The van der Waals surface area contributed by atoms with E-state index in [1.54, 1.807) is 0 Å². The van der Waals surface area contributed by atoms with Gasteiger partial charge in [-0.3, -0.25) is 0 Å². The molecule has 0 saturated heterocycles. The van der Waals surface area contributed by atoms with Crippen molar-refractivity contribution in [3.63, 3.8) is 0 Å². The summed E-state index contributed by atoms with van der Waals surface area (Å²) in [4.78, 5) is 25.7. The lowest BCUT2D eigenvalue weighted by atomic mass is 10.0. The van der Waals surface area contributed by atoms with Gasteiger partial charge in [0.2, 0.25) is 0 Å². The van der Waals surface area contributed by atoms with Gasteiger partial charge in [-0.2, -0.15) is 0 Å². The summed E-state index contributed by atoms with van der Waals surface area (Å²) in [5.41, 5.74) is 0. The Hall–Kier alpha value is -0.369. The van der Waals surface area contributed by atoms with Crippen molar-refractivity contribution < 1.29 is 32.3 Å². The average molecular weight is 565 g/mol. The van der Waals surface area contributed by atoms with Crippen LogP contribution in [0.5, 0.6) is 0 Å². The van der Waals surface area contributed by atoms with Crippen LogP contribution in [0.15, 0.2) is 0 Å². The summed E-state index contributed by atoms with van der Waals surface area (Å²) in [5, 5.41) is -0.433. The van der Waals surface area contributed by atoms with E-state index in [-0.39, 0.29) is 15.1 Å². The Kier molecular flexibility index (Phi) is 12.1. The summed E-state index contributed by atoms with van der Waals surface area (Å²) in [7, 11) is -4.52. The summed E-state index contributed by atoms with van der Waals surface area (Å²) >= 11 is 0. The molecule has 10 heteroatoms. The minimum absolute atomic E-state index is 0.130. The maximum Gasteiger partial charge on any atom is 0.337 e. The van der Waals surface area contributed by atoms with E-state index in [2.05, 4.69) is 102 Å². The van der Waals surface area contributed by atoms with Crippen LogP contribution in [0, 0.1) is 0 Å². The van der Waals surface area contributed by atoms with Gasteiger partial charge in [0, 0.05) is 7.11 Å². The van der Waals surface area contributed by atoms with E-state index in [0.717, 1.165) is 6.29 Å². The smallest absolute Gasteiger partial charge is 0.337 e. The lowest BCUT2D eigenvalue weighted by Crippen LogP contribution is -2.62. The molecule has 0 amide bonds. The van der Waals surface area contributed by atoms with Gasteiger partial charge < -0.3 is 27.5 Å². The van der Waals surface area contributed by atoms with Crippen molar-refractivity contribution in [1.82, 2.24) is 0 Å². The van der Waals surface area contributed by atoms with E-state index in [1.165, 1.54) is 14.2 Å². The van der Waals surface area contributed by atoms with Crippen molar-refractivity contribution in [2.75, 3.05) is 14.2 Å². The summed E-state index contributed by atoms with van der Waals surface area (Å²) < 4.78 is 31.3. The first-order valence-electron chi connectivity index (χ1n) is 12.9. The maximum atomic E-state index is 13.0. The van der Waals surface area contributed by atoms with E-state index in [1.807, 2.05) is 0 Å². The van der Waals surface area contributed by atoms with Crippen LogP contribution in [0.1, 0.15) is 62.3 Å². The van der Waals surface area contributed by atoms with E-state index in [9.17, 15) is 9.59 Å². The summed E-state index contributed by atoms with van der Waals surface area (Å²) in [6.45, 7) is 31.8. The first-order valence-corrected chi connectivity index (χ1v) is 21.6. The third-order valence-corrected chi connectivity index (χ3v) is 21.9. The Balaban J connectivity index is 7.10. The fraction of sp³-hybridized carbons (Fsp3) is 0.923. The van der Waals surface area contributed by atoms with Gasteiger partial charge in [0.25, 0.3) is 0 Å². The van der Waals surface area contributed by atoms with E-state index in [4.69, 9.17) is 22.8 Å². The van der Waals surface area contributed by atoms with Crippen LogP contribution < -0.4 is 0 Å². The molecule has 0 fully saturated rings. The monoisotopic (exact) mass is 564 g/mol. The number of methoxy groups -OCH3 is 2. The first kappa shape index (κ1) is 35.6. The van der Waals surface area contributed by atoms with Crippen molar-refractivity contribution in [2.24, 2.45) is 0 Å². The zero-order valence-electron chi connectivity index (χ0n) is 26.2. The molecule has 214 valence electrons. The van der Waals surface area contributed by atoms with Crippen LogP contribution in [0.4, 0.5) is 0 Å². The molecule has 0 aliphatic heterocycles. The van der Waals surface area contributed by atoms with E-state index in [0.29, 0.717) is 0 Å². The standard InChI is InChI=1S/C26H56O7Si3/c1-24(2,3)34(12,13)31-19(18-27)20(32-35(14,15)25(4,5)6)21(22(29-10)23(28)30-11)33-36(16,17)26(7,8)9/h18-22H,1-17H3/t19-,20+,21-,22-/m0/s1. The lowest BCUT2D eigenvalue weighted by molar-refractivity contribution is -0.167. The molecule has 0 spiro atoms. The zero-order valence-corrected chi connectivity index (χ0v) is 29.2. The second-order valence-corrected chi connectivity index (χ2v) is 28.6. The predicted octanol–water partition coefficient (Wildman–Crippen LogP) is 6.54. The van der Waals surface area contributed by atoms with Crippen LogP contribution in [-0.4, -0.2) is 75.8 Å².